The van der Waals surface area contributed by atoms with E-state index in [0.29, 0.717) is 0 Å². The van der Waals surface area contributed by atoms with Gasteiger partial charge in [0.05, 0.1) is 22.2 Å². The Morgan fingerprint density at radius 1 is 0.490 bits per heavy atom. The van der Waals surface area contributed by atoms with Gasteiger partial charge in [0, 0.05) is 38.1 Å². The minimum atomic E-state index is 0.215. The Bertz CT molecular complexity index is 2270. The lowest BCUT2D eigenvalue weighted by Gasteiger charge is -2.18. The predicted molar refractivity (Wildman–Crippen MR) is 210 cm³/mol. The summed E-state index contributed by atoms with van der Waals surface area (Å²) in [6.45, 7) is 17.7. The molecule has 4 heteroatoms. The Balaban J connectivity index is 0.000000218. The smallest absolute Gasteiger partial charge is 0.0720 e. The van der Waals surface area contributed by atoms with Crippen molar-refractivity contribution in [2.24, 2.45) is 10.8 Å². The molecule has 49 heavy (non-hydrogen) atoms. The maximum absolute atomic E-state index is 6.10. The van der Waals surface area contributed by atoms with Crippen LogP contribution in [-0.2, 0) is 12.8 Å². The highest BCUT2D eigenvalue weighted by atomic mass is 35.5. The first-order valence-electron chi connectivity index (χ1n) is 17.1. The van der Waals surface area contributed by atoms with E-state index in [1.165, 1.54) is 33.2 Å². The molecule has 0 bridgehead atoms. The number of aryl methyl sites for hydroxylation is 2. The molecule has 7 rings (SSSR count). The second-order valence-corrected chi connectivity index (χ2v) is 16.1. The summed E-state index contributed by atoms with van der Waals surface area (Å²) < 4.78 is 0. The highest BCUT2D eigenvalue weighted by Crippen LogP contribution is 2.35. The lowest BCUT2D eigenvalue weighted by Crippen LogP contribution is -2.10. The van der Waals surface area contributed by atoms with Crippen LogP contribution in [0.5, 0.6) is 0 Å². The highest BCUT2D eigenvalue weighted by molar-refractivity contribution is 6.35. The molecule has 4 aromatic carbocycles. The maximum atomic E-state index is 6.10. The monoisotopic (exact) mass is 663 g/mol. The number of benzene rings is 4. The standard InChI is InChI=1S/C31H30N2.C14H16ClN/c1-20-16-21(2)18-22(17-20)28-15-14-27-25(9-7-11-30(27)33-28)24-8-6-10-29-26(24)13-12-23(32-29)19-31(3,4)5;1-14(2,3)9-10-7-8-11-12(15)5-4-6-13(11)16-10/h6-18H,19H2,1-5H3;4-8H,9H2,1-3H3. The van der Waals surface area contributed by atoms with E-state index < -0.39 is 0 Å². The van der Waals surface area contributed by atoms with Gasteiger partial charge in [0.1, 0.15) is 0 Å². The Morgan fingerprint density at radius 3 is 1.47 bits per heavy atom. The van der Waals surface area contributed by atoms with E-state index in [9.17, 15) is 0 Å². The third kappa shape index (κ3) is 8.35. The van der Waals surface area contributed by atoms with Gasteiger partial charge in [-0.3, -0.25) is 9.97 Å². The zero-order valence-corrected chi connectivity index (χ0v) is 30.8. The molecule has 0 aliphatic rings. The van der Waals surface area contributed by atoms with E-state index in [2.05, 4.69) is 151 Å². The quantitative estimate of drug-likeness (QED) is 0.188. The topological polar surface area (TPSA) is 38.7 Å². The molecule has 0 atom stereocenters. The van der Waals surface area contributed by atoms with Crippen LogP contribution in [0.2, 0.25) is 5.02 Å². The summed E-state index contributed by atoms with van der Waals surface area (Å²) >= 11 is 6.10. The number of rotatable bonds is 4. The molecule has 0 aliphatic heterocycles. The van der Waals surface area contributed by atoms with Gasteiger partial charge in [-0.15, -0.1) is 0 Å². The molecule has 0 radical (unpaired) electrons. The van der Waals surface area contributed by atoms with Crippen molar-refractivity contribution >= 4 is 44.3 Å². The minimum absolute atomic E-state index is 0.215. The molecule has 7 aromatic rings. The van der Waals surface area contributed by atoms with Gasteiger partial charge in [-0.1, -0.05) is 113 Å². The van der Waals surface area contributed by atoms with Crippen LogP contribution in [0.4, 0.5) is 0 Å². The number of hydrogen-bond donors (Lipinski definition) is 0. The van der Waals surface area contributed by atoms with E-state index in [1.807, 2.05) is 18.2 Å². The van der Waals surface area contributed by atoms with E-state index in [0.717, 1.165) is 62.3 Å². The van der Waals surface area contributed by atoms with Crippen molar-refractivity contribution in [3.63, 3.8) is 0 Å². The Labute approximate surface area is 296 Å². The number of pyridine rings is 3. The van der Waals surface area contributed by atoms with Crippen molar-refractivity contribution in [3.05, 3.63) is 137 Å². The number of halogens is 1. The molecule has 3 heterocycles. The molecule has 0 N–H and O–H groups in total. The predicted octanol–water partition coefficient (Wildman–Crippen LogP) is 12.8. The molecule has 0 spiro atoms. The molecule has 0 aliphatic carbocycles. The Morgan fingerprint density at radius 2 is 0.939 bits per heavy atom. The maximum Gasteiger partial charge on any atom is 0.0720 e. The summed E-state index contributed by atoms with van der Waals surface area (Å²) in [5, 5.41) is 4.15. The van der Waals surface area contributed by atoms with E-state index in [-0.39, 0.29) is 10.8 Å². The van der Waals surface area contributed by atoms with Crippen molar-refractivity contribution < 1.29 is 0 Å². The summed E-state index contributed by atoms with van der Waals surface area (Å²) in [5.41, 5.74) is 12.9. The van der Waals surface area contributed by atoms with Gasteiger partial charge in [0.25, 0.3) is 0 Å². The zero-order valence-electron chi connectivity index (χ0n) is 30.0. The minimum Gasteiger partial charge on any atom is -0.253 e. The average Bonchev–Trinajstić information content (AvgIpc) is 3.02. The lowest BCUT2D eigenvalue weighted by molar-refractivity contribution is 0.406. The molecule has 0 saturated carbocycles. The number of fused-ring (bicyclic) bond motifs is 3. The summed E-state index contributed by atoms with van der Waals surface area (Å²) in [6, 6.07) is 38.2. The number of hydrogen-bond acceptors (Lipinski definition) is 3. The normalized spacial score (nSPS) is 11.9. The fourth-order valence-corrected chi connectivity index (χ4v) is 6.78. The molecule has 0 saturated heterocycles. The molecular weight excluding hydrogens is 618 g/mol. The first kappa shape index (κ1) is 34.3. The van der Waals surface area contributed by atoms with Crippen LogP contribution in [0, 0.1) is 24.7 Å². The third-order valence-corrected chi connectivity index (χ3v) is 8.82. The van der Waals surface area contributed by atoms with Crippen molar-refractivity contribution in [2.75, 3.05) is 0 Å². The highest BCUT2D eigenvalue weighted by Gasteiger charge is 2.15. The van der Waals surface area contributed by atoms with Gasteiger partial charge in [0.2, 0.25) is 0 Å². The second kappa shape index (κ2) is 13.7. The zero-order chi connectivity index (χ0) is 34.9. The van der Waals surface area contributed by atoms with E-state index >= 15 is 0 Å². The summed E-state index contributed by atoms with van der Waals surface area (Å²) in [4.78, 5) is 14.7. The van der Waals surface area contributed by atoms with Crippen LogP contribution in [0.25, 0.3) is 55.1 Å². The van der Waals surface area contributed by atoms with Gasteiger partial charge < -0.3 is 0 Å². The summed E-state index contributed by atoms with van der Waals surface area (Å²) in [6.07, 6.45) is 1.95. The van der Waals surface area contributed by atoms with Gasteiger partial charge in [0.15, 0.2) is 0 Å². The molecule has 3 nitrogen and oxygen atoms in total. The van der Waals surface area contributed by atoms with Crippen LogP contribution < -0.4 is 0 Å². The van der Waals surface area contributed by atoms with Crippen LogP contribution in [0.1, 0.15) is 64.1 Å². The summed E-state index contributed by atoms with van der Waals surface area (Å²) in [7, 11) is 0. The number of nitrogens with zero attached hydrogens (tertiary/aromatic N) is 3. The number of aromatic nitrogens is 3. The second-order valence-electron chi connectivity index (χ2n) is 15.7. The van der Waals surface area contributed by atoms with Crippen molar-refractivity contribution in [2.45, 2.75) is 68.2 Å². The lowest BCUT2D eigenvalue weighted by atomic mass is 9.90. The van der Waals surface area contributed by atoms with Gasteiger partial charge in [-0.05, 0) is 109 Å². The van der Waals surface area contributed by atoms with Crippen LogP contribution in [-0.4, -0.2) is 15.0 Å². The van der Waals surface area contributed by atoms with Gasteiger partial charge in [-0.2, -0.15) is 0 Å². The molecule has 0 unspecified atom stereocenters. The van der Waals surface area contributed by atoms with Crippen molar-refractivity contribution in [1.29, 1.82) is 0 Å². The third-order valence-electron chi connectivity index (χ3n) is 8.49. The van der Waals surface area contributed by atoms with Gasteiger partial charge in [-0.25, -0.2) is 4.98 Å². The van der Waals surface area contributed by atoms with E-state index in [1.54, 1.807) is 0 Å². The average molecular weight is 664 g/mol. The molecular formula is C45H46ClN3. The van der Waals surface area contributed by atoms with Crippen molar-refractivity contribution in [1.82, 2.24) is 15.0 Å². The summed E-state index contributed by atoms with van der Waals surface area (Å²) in [5.74, 6) is 0. The molecule has 0 amide bonds. The SMILES string of the molecule is CC(C)(C)Cc1ccc2c(Cl)cccc2n1.Cc1cc(C)cc(-c2ccc3c(-c4cccc5nc(CC(C)(C)C)ccc45)cccc3n2)c1. The fraction of sp³-hybridized carbons (Fsp3) is 0.267. The van der Waals surface area contributed by atoms with Gasteiger partial charge >= 0.3 is 0 Å². The van der Waals surface area contributed by atoms with Crippen LogP contribution in [0.15, 0.2) is 109 Å². The molecule has 3 aromatic heterocycles. The van der Waals surface area contributed by atoms with Crippen LogP contribution in [0.3, 0.4) is 0 Å². The Kier molecular flexibility index (Phi) is 9.60. The van der Waals surface area contributed by atoms with Crippen molar-refractivity contribution in [3.8, 4) is 22.4 Å². The fourth-order valence-electron chi connectivity index (χ4n) is 6.55. The Hall–Kier alpha value is -4.60. The van der Waals surface area contributed by atoms with E-state index in [4.69, 9.17) is 21.6 Å². The first-order chi connectivity index (χ1) is 23.2. The van der Waals surface area contributed by atoms with Crippen LogP contribution >= 0.6 is 11.6 Å². The first-order valence-corrected chi connectivity index (χ1v) is 17.5. The molecule has 0 fully saturated rings. The molecule has 248 valence electrons. The largest absolute Gasteiger partial charge is 0.253 e.